The second-order valence-corrected chi connectivity index (χ2v) is 3.94. The zero-order valence-electron chi connectivity index (χ0n) is 9.97. The van der Waals surface area contributed by atoms with E-state index in [1.54, 1.807) is 20.2 Å². The first-order valence-electron chi connectivity index (χ1n) is 5.56. The number of methoxy groups -OCH3 is 1. The van der Waals surface area contributed by atoms with Gasteiger partial charge in [-0.2, -0.15) is 0 Å². The molecule has 0 amide bonds. The summed E-state index contributed by atoms with van der Waals surface area (Å²) >= 11 is 0. The van der Waals surface area contributed by atoms with E-state index >= 15 is 0 Å². The van der Waals surface area contributed by atoms with Crippen molar-refractivity contribution in [3.05, 3.63) is 30.5 Å². The van der Waals surface area contributed by atoms with E-state index in [4.69, 9.17) is 4.74 Å². The molecule has 4 heteroatoms. The molecular weight excluding hydrogens is 216 g/mol. The Kier molecular flexibility index (Phi) is 3.44. The minimum Gasteiger partial charge on any atom is -0.496 e. The van der Waals surface area contributed by atoms with Crippen LogP contribution in [-0.2, 0) is 0 Å². The normalized spacial score (nSPS) is 12.4. The van der Waals surface area contributed by atoms with Gasteiger partial charge in [-0.25, -0.2) is 4.98 Å². The number of nitrogens with one attached hydrogen (secondary N) is 1. The van der Waals surface area contributed by atoms with Crippen LogP contribution in [0.15, 0.2) is 30.5 Å². The Bertz CT molecular complexity index is 512. The van der Waals surface area contributed by atoms with Crippen molar-refractivity contribution >= 4 is 16.6 Å². The molecule has 0 aliphatic rings. The Labute approximate surface area is 100 Å². The van der Waals surface area contributed by atoms with E-state index in [1.165, 1.54) is 0 Å². The van der Waals surface area contributed by atoms with Crippen molar-refractivity contribution in [1.29, 1.82) is 0 Å². The average molecular weight is 232 g/mol. The van der Waals surface area contributed by atoms with Gasteiger partial charge in [0.05, 0.1) is 13.2 Å². The summed E-state index contributed by atoms with van der Waals surface area (Å²) in [5.74, 6) is 1.59. The highest BCUT2D eigenvalue weighted by molar-refractivity contribution is 5.95. The van der Waals surface area contributed by atoms with Crippen molar-refractivity contribution in [2.75, 3.05) is 19.0 Å². The topological polar surface area (TPSA) is 54.4 Å². The standard InChI is InChI=1S/C13H16N2O2/c1-9(16)8-15-13-11-4-3-5-12(17-2)10(11)6-7-14-13/h3-7,9,16H,8H2,1-2H3,(H,14,15). The lowest BCUT2D eigenvalue weighted by atomic mass is 10.1. The Morgan fingerprint density at radius 2 is 2.18 bits per heavy atom. The van der Waals surface area contributed by atoms with Crippen LogP contribution in [0, 0.1) is 0 Å². The fourth-order valence-electron chi connectivity index (χ4n) is 1.74. The summed E-state index contributed by atoms with van der Waals surface area (Å²) in [5, 5.41) is 14.4. The second-order valence-electron chi connectivity index (χ2n) is 3.94. The molecule has 17 heavy (non-hydrogen) atoms. The Morgan fingerprint density at radius 1 is 1.35 bits per heavy atom. The fraction of sp³-hybridized carbons (Fsp3) is 0.308. The Hall–Kier alpha value is -1.81. The monoisotopic (exact) mass is 232 g/mol. The van der Waals surface area contributed by atoms with Crippen molar-refractivity contribution in [3.8, 4) is 5.75 Å². The van der Waals surface area contributed by atoms with Gasteiger partial charge in [-0.1, -0.05) is 12.1 Å². The molecule has 1 heterocycles. The minimum atomic E-state index is -0.405. The molecule has 1 unspecified atom stereocenters. The molecule has 0 fully saturated rings. The Balaban J connectivity index is 2.43. The first kappa shape index (κ1) is 11.7. The molecule has 0 saturated carbocycles. The number of hydrogen-bond acceptors (Lipinski definition) is 4. The van der Waals surface area contributed by atoms with Crippen LogP contribution in [0.25, 0.3) is 10.8 Å². The van der Waals surface area contributed by atoms with Gasteiger partial charge in [-0.05, 0) is 19.1 Å². The van der Waals surface area contributed by atoms with Gasteiger partial charge in [0, 0.05) is 23.5 Å². The van der Waals surface area contributed by atoms with Gasteiger partial charge >= 0.3 is 0 Å². The summed E-state index contributed by atoms with van der Waals surface area (Å²) < 4.78 is 5.30. The molecule has 0 spiro atoms. The van der Waals surface area contributed by atoms with E-state index in [0.717, 1.165) is 22.3 Å². The molecule has 2 rings (SSSR count). The van der Waals surface area contributed by atoms with Crippen LogP contribution >= 0.6 is 0 Å². The minimum absolute atomic E-state index is 0.405. The molecule has 0 radical (unpaired) electrons. The summed E-state index contributed by atoms with van der Waals surface area (Å²) in [6.45, 7) is 2.21. The van der Waals surface area contributed by atoms with Crippen LogP contribution in [0.4, 0.5) is 5.82 Å². The maximum atomic E-state index is 9.27. The molecule has 0 bridgehead atoms. The first-order valence-corrected chi connectivity index (χ1v) is 5.56. The summed E-state index contributed by atoms with van der Waals surface area (Å²) in [6.07, 6.45) is 1.33. The summed E-state index contributed by atoms with van der Waals surface area (Å²) in [4.78, 5) is 4.28. The van der Waals surface area contributed by atoms with Gasteiger partial charge in [0.2, 0.25) is 0 Å². The zero-order chi connectivity index (χ0) is 12.3. The fourth-order valence-corrected chi connectivity index (χ4v) is 1.74. The van der Waals surface area contributed by atoms with Crippen molar-refractivity contribution in [1.82, 2.24) is 4.98 Å². The highest BCUT2D eigenvalue weighted by Crippen LogP contribution is 2.28. The summed E-state index contributed by atoms with van der Waals surface area (Å²) in [5.41, 5.74) is 0. The van der Waals surface area contributed by atoms with Gasteiger partial charge in [-0.15, -0.1) is 0 Å². The molecule has 4 nitrogen and oxygen atoms in total. The van der Waals surface area contributed by atoms with Gasteiger partial charge in [0.25, 0.3) is 0 Å². The number of aromatic nitrogens is 1. The van der Waals surface area contributed by atoms with E-state index in [1.807, 2.05) is 24.3 Å². The number of anilines is 1. The van der Waals surface area contributed by atoms with Crippen LogP contribution in [0.1, 0.15) is 6.92 Å². The third-order valence-electron chi connectivity index (χ3n) is 2.55. The zero-order valence-corrected chi connectivity index (χ0v) is 9.97. The van der Waals surface area contributed by atoms with Crippen molar-refractivity contribution < 1.29 is 9.84 Å². The van der Waals surface area contributed by atoms with E-state index in [0.29, 0.717) is 6.54 Å². The molecule has 1 atom stereocenters. The Morgan fingerprint density at radius 3 is 2.88 bits per heavy atom. The number of pyridine rings is 1. The second kappa shape index (κ2) is 5.01. The number of nitrogens with zero attached hydrogens (tertiary/aromatic N) is 1. The number of ether oxygens (including phenoxy) is 1. The number of benzene rings is 1. The van der Waals surface area contributed by atoms with Crippen molar-refractivity contribution in [2.24, 2.45) is 0 Å². The van der Waals surface area contributed by atoms with Gasteiger partial charge in [0.1, 0.15) is 11.6 Å². The predicted octanol–water partition coefficient (Wildman–Crippen LogP) is 2.04. The highest BCUT2D eigenvalue weighted by Gasteiger charge is 2.06. The molecule has 0 saturated heterocycles. The largest absolute Gasteiger partial charge is 0.496 e. The lowest BCUT2D eigenvalue weighted by molar-refractivity contribution is 0.208. The number of rotatable bonds is 4. The molecule has 2 aromatic rings. The van der Waals surface area contributed by atoms with Gasteiger partial charge in [-0.3, -0.25) is 0 Å². The average Bonchev–Trinajstić information content (AvgIpc) is 2.35. The van der Waals surface area contributed by atoms with Crippen LogP contribution in [-0.4, -0.2) is 29.8 Å². The predicted molar refractivity (Wildman–Crippen MR) is 68.5 cm³/mol. The number of aliphatic hydroxyl groups excluding tert-OH is 1. The third-order valence-corrected chi connectivity index (χ3v) is 2.55. The van der Waals surface area contributed by atoms with Crippen molar-refractivity contribution in [3.63, 3.8) is 0 Å². The SMILES string of the molecule is COc1cccc2c(NCC(C)O)nccc12. The molecule has 1 aromatic heterocycles. The molecule has 0 aliphatic carbocycles. The quantitative estimate of drug-likeness (QED) is 0.847. The van der Waals surface area contributed by atoms with E-state index in [-0.39, 0.29) is 0 Å². The molecule has 0 aliphatic heterocycles. The lowest BCUT2D eigenvalue weighted by Gasteiger charge is -2.11. The van der Waals surface area contributed by atoms with Gasteiger partial charge in [0.15, 0.2) is 0 Å². The van der Waals surface area contributed by atoms with Crippen LogP contribution in [0.3, 0.4) is 0 Å². The number of fused-ring (bicyclic) bond motifs is 1. The lowest BCUT2D eigenvalue weighted by Crippen LogP contribution is -2.16. The number of aliphatic hydroxyl groups is 1. The van der Waals surface area contributed by atoms with Crippen LogP contribution in [0.2, 0.25) is 0 Å². The summed E-state index contributed by atoms with van der Waals surface area (Å²) in [7, 11) is 1.65. The van der Waals surface area contributed by atoms with Crippen LogP contribution in [0.5, 0.6) is 5.75 Å². The third kappa shape index (κ3) is 2.47. The molecule has 2 N–H and O–H groups in total. The molecule has 90 valence electrons. The maximum absolute atomic E-state index is 9.27. The first-order chi connectivity index (χ1) is 8.22. The molecular formula is C13H16N2O2. The van der Waals surface area contributed by atoms with E-state index in [9.17, 15) is 5.11 Å². The van der Waals surface area contributed by atoms with Crippen molar-refractivity contribution in [2.45, 2.75) is 13.0 Å². The van der Waals surface area contributed by atoms with E-state index < -0.39 is 6.10 Å². The van der Waals surface area contributed by atoms with Gasteiger partial charge < -0.3 is 15.2 Å². The van der Waals surface area contributed by atoms with Crippen LogP contribution < -0.4 is 10.1 Å². The maximum Gasteiger partial charge on any atom is 0.134 e. The number of hydrogen-bond donors (Lipinski definition) is 2. The highest BCUT2D eigenvalue weighted by atomic mass is 16.5. The smallest absolute Gasteiger partial charge is 0.134 e. The molecule has 1 aromatic carbocycles. The van der Waals surface area contributed by atoms with E-state index in [2.05, 4.69) is 10.3 Å². The summed E-state index contributed by atoms with van der Waals surface area (Å²) in [6, 6.07) is 7.74.